The van der Waals surface area contributed by atoms with Gasteiger partial charge in [0.15, 0.2) is 11.5 Å². The van der Waals surface area contributed by atoms with Crippen LogP contribution in [0.25, 0.3) is 0 Å². The molecule has 244 valence electrons. The molecule has 1 aliphatic heterocycles. The summed E-state index contributed by atoms with van der Waals surface area (Å²) in [5.74, 6) is -4.71. The summed E-state index contributed by atoms with van der Waals surface area (Å²) < 4.78 is 174. The molecule has 45 heavy (non-hydrogen) atoms. The number of alkyl halides is 11. The maximum atomic E-state index is 14.9. The van der Waals surface area contributed by atoms with Crippen LogP contribution in [-0.2, 0) is 12.0 Å². The first-order valence-corrected chi connectivity index (χ1v) is 12.3. The Labute approximate surface area is 244 Å². The molecule has 1 heterocycles. The molecule has 4 rings (SSSR count). The van der Waals surface area contributed by atoms with Crippen LogP contribution in [-0.4, -0.2) is 43.5 Å². The van der Waals surface area contributed by atoms with Gasteiger partial charge in [-0.15, -0.1) is 0 Å². The molecule has 0 bridgehead atoms. The fourth-order valence-corrected chi connectivity index (χ4v) is 4.28. The quantitative estimate of drug-likeness (QED) is 0.235. The summed E-state index contributed by atoms with van der Waals surface area (Å²) in [7, 11) is 0. The molecule has 0 fully saturated rings. The van der Waals surface area contributed by atoms with Crippen LogP contribution >= 0.6 is 0 Å². The predicted octanol–water partition coefficient (Wildman–Crippen LogP) is 7.37. The van der Waals surface area contributed by atoms with Crippen LogP contribution < -0.4 is 24.8 Å². The summed E-state index contributed by atoms with van der Waals surface area (Å²) in [6.45, 7) is -1.92. The summed E-state index contributed by atoms with van der Waals surface area (Å²) in [6.07, 6.45) is -25.5. The normalized spacial score (nSPS) is 16.9. The average Bonchev–Trinajstić information content (AvgIpc) is 2.91. The number of hydrogen-bond donors (Lipinski definition) is 2. The lowest BCUT2D eigenvalue weighted by Gasteiger charge is -2.38. The number of benzene rings is 3. The topological polar surface area (TPSA) is 68.8 Å². The van der Waals surface area contributed by atoms with Crippen molar-refractivity contribution in [1.29, 1.82) is 0 Å². The molecule has 0 radical (unpaired) electrons. The van der Waals surface area contributed by atoms with Crippen LogP contribution in [0.15, 0.2) is 66.7 Å². The average molecular weight is 662 g/mol. The minimum absolute atomic E-state index is 0.199. The summed E-state index contributed by atoms with van der Waals surface area (Å²) in [5.41, 5.74) is -3.38. The predicted molar refractivity (Wildman–Crippen MR) is 129 cm³/mol. The minimum Gasteiger partial charge on any atom is -0.428 e. The highest BCUT2D eigenvalue weighted by Gasteiger charge is 2.66. The number of carbonyl (C=O) groups is 1. The second-order valence-corrected chi connectivity index (χ2v) is 9.53. The molecule has 0 spiro atoms. The van der Waals surface area contributed by atoms with E-state index in [0.717, 1.165) is 6.07 Å². The first-order chi connectivity index (χ1) is 20.7. The van der Waals surface area contributed by atoms with Crippen molar-refractivity contribution < 1.29 is 71.7 Å². The highest BCUT2D eigenvalue weighted by Crippen LogP contribution is 2.49. The highest BCUT2D eigenvalue weighted by molar-refractivity contribution is 5.76. The van der Waals surface area contributed by atoms with Gasteiger partial charge in [-0.1, -0.05) is 36.4 Å². The Hall–Kier alpha value is -4.51. The maximum absolute atomic E-state index is 14.9. The van der Waals surface area contributed by atoms with E-state index in [1.54, 1.807) is 0 Å². The van der Waals surface area contributed by atoms with E-state index in [4.69, 9.17) is 0 Å². The van der Waals surface area contributed by atoms with Crippen molar-refractivity contribution in [2.24, 2.45) is 0 Å². The number of carbonyl (C=O) groups excluding carboxylic acids is 1. The molecule has 0 saturated heterocycles. The van der Waals surface area contributed by atoms with Gasteiger partial charge in [0.1, 0.15) is 18.1 Å². The van der Waals surface area contributed by atoms with Crippen molar-refractivity contribution in [2.45, 2.75) is 42.9 Å². The Morgan fingerprint density at radius 1 is 0.822 bits per heavy atom. The summed E-state index contributed by atoms with van der Waals surface area (Å²) >= 11 is 0. The SMILES string of the molecule is O=C(NCC(F)(F)F)N[C@@](Cc1ccccc1)(c1cc(F)cc(OC(F)(F)C(F)F)c1)c1ccc2c(c1)OC(F)(F)C(F)(F)O2. The number of halogens is 12. The van der Waals surface area contributed by atoms with E-state index in [1.165, 1.54) is 35.6 Å². The summed E-state index contributed by atoms with van der Waals surface area (Å²) in [5, 5.41) is 3.61. The van der Waals surface area contributed by atoms with Gasteiger partial charge in [0.05, 0.1) is 5.54 Å². The van der Waals surface area contributed by atoms with Gasteiger partial charge in [0.25, 0.3) is 0 Å². The van der Waals surface area contributed by atoms with Crippen molar-refractivity contribution >= 4 is 6.03 Å². The van der Waals surface area contributed by atoms with E-state index >= 15 is 0 Å². The maximum Gasteiger partial charge on any atom is 0.507 e. The third-order valence-electron chi connectivity index (χ3n) is 6.21. The van der Waals surface area contributed by atoms with Crippen molar-refractivity contribution in [3.05, 3.63) is 89.2 Å². The van der Waals surface area contributed by atoms with Gasteiger partial charge in [-0.05, 0) is 41.0 Å². The molecule has 18 heteroatoms. The Kier molecular flexibility index (Phi) is 8.73. The standard InChI is InChI=1S/C27H18F12N2O4/c28-17-8-16(9-18(11-17)43-25(34,35)21(29)30)23(12-14-4-2-1-3-5-14,41-22(42)40-13-24(31,32)33)15-6-7-19-20(10-15)45-27(38,39)26(36,37)44-19/h1-11,21H,12-13H2,(H2,40,41,42)/t23-/m1/s1. The molecule has 0 unspecified atom stereocenters. The summed E-state index contributed by atoms with van der Waals surface area (Å²) in [6, 6.07) is 9.01. The summed E-state index contributed by atoms with van der Waals surface area (Å²) in [4.78, 5) is 12.9. The number of hydrogen-bond acceptors (Lipinski definition) is 4. The smallest absolute Gasteiger partial charge is 0.428 e. The number of fused-ring (bicyclic) bond motifs is 1. The van der Waals surface area contributed by atoms with E-state index in [-0.39, 0.29) is 11.6 Å². The second kappa shape index (κ2) is 11.8. The van der Waals surface area contributed by atoms with Crippen LogP contribution in [0, 0.1) is 5.82 Å². The molecular weight excluding hydrogens is 644 g/mol. The van der Waals surface area contributed by atoms with Gasteiger partial charge in [-0.2, -0.15) is 48.3 Å². The van der Waals surface area contributed by atoms with Crippen molar-refractivity contribution in [3.63, 3.8) is 0 Å². The van der Waals surface area contributed by atoms with Crippen LogP contribution in [0.2, 0.25) is 0 Å². The van der Waals surface area contributed by atoms with Crippen LogP contribution in [0.5, 0.6) is 17.2 Å². The monoisotopic (exact) mass is 662 g/mol. The molecule has 1 aliphatic rings. The van der Waals surface area contributed by atoms with E-state index < -0.39 is 89.7 Å². The number of ether oxygens (including phenoxy) is 3. The van der Waals surface area contributed by atoms with Gasteiger partial charge >= 0.3 is 37.0 Å². The largest absolute Gasteiger partial charge is 0.507 e. The van der Waals surface area contributed by atoms with Crippen LogP contribution in [0.1, 0.15) is 16.7 Å². The van der Waals surface area contributed by atoms with Crippen LogP contribution in [0.4, 0.5) is 57.5 Å². The van der Waals surface area contributed by atoms with Gasteiger partial charge in [-0.25, -0.2) is 9.18 Å². The molecule has 3 aromatic rings. The number of amides is 2. The molecule has 2 amide bonds. The Balaban J connectivity index is 1.96. The van der Waals surface area contributed by atoms with Gasteiger partial charge in [0.2, 0.25) is 0 Å². The van der Waals surface area contributed by atoms with E-state index in [1.807, 2.05) is 0 Å². The molecule has 2 N–H and O–H groups in total. The zero-order chi connectivity index (χ0) is 33.4. The molecule has 0 aliphatic carbocycles. The third kappa shape index (κ3) is 7.42. The van der Waals surface area contributed by atoms with Crippen molar-refractivity contribution in [1.82, 2.24) is 10.6 Å². The number of rotatable bonds is 9. The Morgan fingerprint density at radius 3 is 2.04 bits per heavy atom. The Bertz CT molecular complexity index is 1540. The molecule has 1 atom stereocenters. The van der Waals surface area contributed by atoms with Crippen molar-refractivity contribution in [3.8, 4) is 17.2 Å². The molecule has 3 aromatic carbocycles. The fraction of sp³-hybridized carbons (Fsp3) is 0.296. The molecule has 0 saturated carbocycles. The van der Waals surface area contributed by atoms with Crippen molar-refractivity contribution in [2.75, 3.05) is 6.54 Å². The molecular formula is C27H18F12N2O4. The fourth-order valence-electron chi connectivity index (χ4n) is 4.28. The van der Waals surface area contributed by atoms with Gasteiger partial charge in [0, 0.05) is 12.5 Å². The second-order valence-electron chi connectivity index (χ2n) is 9.53. The minimum atomic E-state index is -5.25. The zero-order valence-corrected chi connectivity index (χ0v) is 22.0. The lowest BCUT2D eigenvalue weighted by atomic mass is 9.77. The number of urea groups is 1. The molecule has 6 nitrogen and oxygen atoms in total. The van der Waals surface area contributed by atoms with Gasteiger partial charge in [-0.3, -0.25) is 0 Å². The van der Waals surface area contributed by atoms with E-state index in [2.05, 4.69) is 19.5 Å². The first-order valence-electron chi connectivity index (χ1n) is 12.3. The third-order valence-corrected chi connectivity index (χ3v) is 6.21. The highest BCUT2D eigenvalue weighted by atomic mass is 19.4. The van der Waals surface area contributed by atoms with E-state index in [9.17, 15) is 57.5 Å². The van der Waals surface area contributed by atoms with Crippen LogP contribution in [0.3, 0.4) is 0 Å². The first kappa shape index (κ1) is 33.4. The molecule has 0 aromatic heterocycles. The zero-order valence-electron chi connectivity index (χ0n) is 22.0. The Morgan fingerprint density at radius 2 is 1.44 bits per heavy atom. The van der Waals surface area contributed by atoms with Gasteiger partial charge < -0.3 is 24.8 Å². The number of nitrogens with one attached hydrogen (secondary N) is 2. The van der Waals surface area contributed by atoms with E-state index in [0.29, 0.717) is 24.3 Å². The lowest BCUT2D eigenvalue weighted by molar-refractivity contribution is -0.391. The lowest BCUT2D eigenvalue weighted by Crippen LogP contribution is -2.54.